The fraction of sp³-hybridized carbons (Fsp3) is 0.700. The maximum atomic E-state index is 4.21. The summed E-state index contributed by atoms with van der Waals surface area (Å²) in [5.74, 6) is 0.819. The molecule has 1 aliphatic carbocycles. The number of anilines is 1. The van der Waals surface area contributed by atoms with Crippen LogP contribution in [0.2, 0.25) is 0 Å². The van der Waals surface area contributed by atoms with E-state index in [1.54, 1.807) is 0 Å². The van der Waals surface area contributed by atoms with Crippen LogP contribution in [0.5, 0.6) is 0 Å². The number of nitrogens with zero attached hydrogens (tertiary/aromatic N) is 2. The van der Waals surface area contributed by atoms with Crippen molar-refractivity contribution in [2.24, 2.45) is 13.0 Å². The van der Waals surface area contributed by atoms with E-state index in [9.17, 15) is 0 Å². The van der Waals surface area contributed by atoms with Crippen LogP contribution < -0.4 is 5.32 Å². The highest BCUT2D eigenvalue weighted by Gasteiger charge is 2.26. The van der Waals surface area contributed by atoms with E-state index in [-0.39, 0.29) is 0 Å². The predicted molar refractivity (Wildman–Crippen MR) is 53.8 cm³/mol. The Bertz CT molecular complexity index is 303. The van der Waals surface area contributed by atoms with Crippen molar-refractivity contribution in [3.05, 3.63) is 11.9 Å². The summed E-state index contributed by atoms with van der Waals surface area (Å²) in [6.45, 7) is 4.39. The molecule has 1 aromatic rings. The number of nitrogens with one attached hydrogen (secondary N) is 1. The van der Waals surface area contributed by atoms with Gasteiger partial charge in [0.2, 0.25) is 0 Å². The topological polar surface area (TPSA) is 29.9 Å². The first-order valence-corrected chi connectivity index (χ1v) is 4.93. The summed E-state index contributed by atoms with van der Waals surface area (Å²) in [6.07, 6.45) is 4.58. The van der Waals surface area contributed by atoms with Gasteiger partial charge in [-0.1, -0.05) is 6.92 Å². The van der Waals surface area contributed by atoms with Gasteiger partial charge in [0.15, 0.2) is 0 Å². The molecule has 13 heavy (non-hydrogen) atoms. The molecule has 1 saturated carbocycles. The summed E-state index contributed by atoms with van der Waals surface area (Å²) in [4.78, 5) is 0. The average Bonchev–Trinajstić information content (AvgIpc) is 2.42. The number of rotatable bonds is 2. The van der Waals surface area contributed by atoms with Gasteiger partial charge in [0, 0.05) is 13.1 Å². The van der Waals surface area contributed by atoms with Gasteiger partial charge in [0.05, 0.1) is 17.6 Å². The maximum Gasteiger partial charge on any atom is 0.0758 e. The molecular formula is C10H17N3. The van der Waals surface area contributed by atoms with Crippen molar-refractivity contribution in [2.75, 3.05) is 5.32 Å². The molecule has 0 saturated heterocycles. The van der Waals surface area contributed by atoms with Gasteiger partial charge in [-0.2, -0.15) is 5.10 Å². The molecule has 2 unspecified atom stereocenters. The van der Waals surface area contributed by atoms with E-state index in [1.165, 1.54) is 24.2 Å². The molecule has 2 rings (SSSR count). The lowest BCUT2D eigenvalue weighted by atomic mass is 9.81. The van der Waals surface area contributed by atoms with E-state index >= 15 is 0 Å². The molecule has 2 atom stereocenters. The second-order valence-electron chi connectivity index (χ2n) is 4.07. The van der Waals surface area contributed by atoms with E-state index in [0.29, 0.717) is 6.04 Å². The van der Waals surface area contributed by atoms with Gasteiger partial charge in [0.25, 0.3) is 0 Å². The SMILES string of the molecule is Cc1c(NC2CCC2C)cnn1C. The fourth-order valence-electron chi connectivity index (χ4n) is 1.72. The summed E-state index contributed by atoms with van der Waals surface area (Å²) in [6, 6.07) is 0.669. The van der Waals surface area contributed by atoms with Gasteiger partial charge >= 0.3 is 0 Å². The number of hydrogen-bond acceptors (Lipinski definition) is 2. The zero-order chi connectivity index (χ0) is 9.42. The van der Waals surface area contributed by atoms with E-state index in [0.717, 1.165) is 5.92 Å². The zero-order valence-electron chi connectivity index (χ0n) is 8.54. The minimum absolute atomic E-state index is 0.669. The maximum absolute atomic E-state index is 4.21. The molecule has 1 fully saturated rings. The van der Waals surface area contributed by atoms with Crippen LogP contribution in [-0.2, 0) is 7.05 Å². The van der Waals surface area contributed by atoms with Crippen molar-refractivity contribution in [2.45, 2.75) is 32.7 Å². The summed E-state index contributed by atoms with van der Waals surface area (Å²) >= 11 is 0. The van der Waals surface area contributed by atoms with Crippen LogP contribution in [0.25, 0.3) is 0 Å². The number of hydrogen-bond donors (Lipinski definition) is 1. The summed E-state index contributed by atoms with van der Waals surface area (Å²) < 4.78 is 1.91. The smallest absolute Gasteiger partial charge is 0.0758 e. The molecule has 1 N–H and O–H groups in total. The van der Waals surface area contributed by atoms with Crippen LogP contribution in [0.3, 0.4) is 0 Å². The molecule has 0 amide bonds. The Morgan fingerprint density at radius 3 is 2.69 bits per heavy atom. The third-order valence-corrected chi connectivity index (χ3v) is 3.20. The second kappa shape index (κ2) is 3.05. The Morgan fingerprint density at radius 1 is 1.54 bits per heavy atom. The lowest BCUT2D eigenvalue weighted by Crippen LogP contribution is -2.36. The molecule has 0 aromatic carbocycles. The second-order valence-corrected chi connectivity index (χ2v) is 4.07. The van der Waals surface area contributed by atoms with Crippen molar-refractivity contribution in [1.29, 1.82) is 0 Å². The van der Waals surface area contributed by atoms with Gasteiger partial charge in [-0.3, -0.25) is 4.68 Å². The quantitative estimate of drug-likeness (QED) is 0.752. The van der Waals surface area contributed by atoms with Gasteiger partial charge in [-0.25, -0.2) is 0 Å². The Labute approximate surface area is 79.1 Å². The average molecular weight is 179 g/mol. The van der Waals surface area contributed by atoms with E-state index in [4.69, 9.17) is 0 Å². The van der Waals surface area contributed by atoms with Crippen LogP contribution >= 0.6 is 0 Å². The van der Waals surface area contributed by atoms with Crippen molar-refractivity contribution in [1.82, 2.24) is 9.78 Å². The van der Waals surface area contributed by atoms with Crippen molar-refractivity contribution < 1.29 is 0 Å². The van der Waals surface area contributed by atoms with Crippen LogP contribution in [0.4, 0.5) is 5.69 Å². The first-order chi connectivity index (χ1) is 6.18. The minimum Gasteiger partial charge on any atom is -0.379 e. The summed E-state index contributed by atoms with van der Waals surface area (Å²) in [5.41, 5.74) is 2.41. The fourth-order valence-corrected chi connectivity index (χ4v) is 1.72. The highest BCUT2D eigenvalue weighted by Crippen LogP contribution is 2.30. The predicted octanol–water partition coefficient (Wildman–Crippen LogP) is 1.94. The van der Waals surface area contributed by atoms with Gasteiger partial charge in [-0.05, 0) is 25.7 Å². The van der Waals surface area contributed by atoms with Crippen LogP contribution in [0.1, 0.15) is 25.5 Å². The molecule has 0 aliphatic heterocycles. The normalized spacial score (nSPS) is 27.0. The number of aryl methyl sites for hydroxylation is 1. The molecule has 1 aromatic heterocycles. The molecule has 3 heteroatoms. The van der Waals surface area contributed by atoms with Crippen LogP contribution in [0.15, 0.2) is 6.20 Å². The third-order valence-electron chi connectivity index (χ3n) is 3.20. The van der Waals surface area contributed by atoms with Gasteiger partial charge in [0.1, 0.15) is 0 Å². The lowest BCUT2D eigenvalue weighted by molar-refractivity contribution is 0.303. The molecule has 72 valence electrons. The molecule has 1 heterocycles. The molecule has 0 radical (unpaired) electrons. The molecular weight excluding hydrogens is 162 g/mol. The van der Waals surface area contributed by atoms with Gasteiger partial charge in [-0.15, -0.1) is 0 Å². The Balaban J connectivity index is 2.05. The standard InChI is InChI=1S/C10H17N3/c1-7-4-5-9(7)12-10-6-11-13(3)8(10)2/h6-7,9,12H,4-5H2,1-3H3. The third kappa shape index (κ3) is 1.43. The first-order valence-electron chi connectivity index (χ1n) is 4.93. The van der Waals surface area contributed by atoms with Crippen LogP contribution in [0, 0.1) is 12.8 Å². The summed E-state index contributed by atoms with van der Waals surface area (Å²) in [5, 5.41) is 7.74. The monoisotopic (exact) mass is 179 g/mol. The molecule has 0 bridgehead atoms. The zero-order valence-corrected chi connectivity index (χ0v) is 8.54. The highest BCUT2D eigenvalue weighted by molar-refractivity contribution is 5.47. The van der Waals surface area contributed by atoms with Gasteiger partial charge < -0.3 is 5.32 Å². The van der Waals surface area contributed by atoms with Crippen molar-refractivity contribution in [3.8, 4) is 0 Å². The van der Waals surface area contributed by atoms with Crippen molar-refractivity contribution >= 4 is 5.69 Å². The Morgan fingerprint density at radius 2 is 2.31 bits per heavy atom. The van der Waals surface area contributed by atoms with E-state index in [1.807, 2.05) is 17.9 Å². The lowest BCUT2D eigenvalue weighted by Gasteiger charge is -2.35. The summed E-state index contributed by atoms with van der Waals surface area (Å²) in [7, 11) is 1.98. The minimum atomic E-state index is 0.669. The van der Waals surface area contributed by atoms with E-state index < -0.39 is 0 Å². The Kier molecular flexibility index (Phi) is 2.02. The molecule has 1 aliphatic rings. The van der Waals surface area contributed by atoms with Crippen molar-refractivity contribution in [3.63, 3.8) is 0 Å². The largest absolute Gasteiger partial charge is 0.379 e. The highest BCUT2D eigenvalue weighted by atomic mass is 15.3. The molecule has 0 spiro atoms. The first kappa shape index (κ1) is 8.60. The van der Waals surface area contributed by atoms with E-state index in [2.05, 4.69) is 24.3 Å². The number of aromatic nitrogens is 2. The Hall–Kier alpha value is -0.990. The molecule has 3 nitrogen and oxygen atoms in total. The van der Waals surface area contributed by atoms with Crippen LogP contribution in [-0.4, -0.2) is 15.8 Å².